The molecular formula is C32H36N8O6S2. The van der Waals surface area contributed by atoms with Gasteiger partial charge in [0.05, 0.1) is 18.6 Å². The average molecular weight is 693 g/mol. The van der Waals surface area contributed by atoms with E-state index >= 15 is 0 Å². The summed E-state index contributed by atoms with van der Waals surface area (Å²) in [6, 6.07) is 9.42. The summed E-state index contributed by atoms with van der Waals surface area (Å²) in [6.07, 6.45) is 0.620. The fourth-order valence-electron chi connectivity index (χ4n) is 5.19. The van der Waals surface area contributed by atoms with E-state index in [1.807, 2.05) is 44.2 Å². The standard InChI is InChI=1S/C32H36N8O6S2/c1-18(2)26-30-36-21(16-48-30)27(43)33-11-8-12-40(31(45)23-14-25(42)39(4)32(46)38(23)3)15-24(41)34-20(13-19-9-6-5-7-10-19)29-35-22(17-47-29)28(44)37-26/h5-7,9-10,14,16-18,20,26H,8,11-13,15H2,1-4H3,(H,33,43)(H,34,41)(H,37,44)/t20-,26-/m0/s1. The SMILES string of the molecule is CC(C)[C@@H]1NC(=O)c2csc(n2)[C@H](Cc2ccccc2)NC(=O)CN(C(=O)c2cc(=O)n(C)c(=O)n2C)CCCNC(=O)c2csc1n2. The van der Waals surface area contributed by atoms with Crippen LogP contribution >= 0.6 is 22.7 Å². The maximum Gasteiger partial charge on any atom is 0.331 e. The zero-order chi connectivity index (χ0) is 34.5. The maximum absolute atomic E-state index is 13.8. The van der Waals surface area contributed by atoms with E-state index < -0.39 is 53.5 Å². The van der Waals surface area contributed by atoms with Crippen molar-refractivity contribution in [3.05, 3.63) is 101 Å². The molecule has 4 bridgehead atoms. The van der Waals surface area contributed by atoms with Crippen molar-refractivity contribution in [1.82, 2.24) is 40.0 Å². The molecule has 0 spiro atoms. The fourth-order valence-corrected chi connectivity index (χ4v) is 7.06. The molecule has 4 amide bonds. The number of thiazole rings is 2. The van der Waals surface area contributed by atoms with Crippen molar-refractivity contribution in [2.24, 2.45) is 20.0 Å². The molecule has 0 radical (unpaired) electrons. The van der Waals surface area contributed by atoms with Crippen LogP contribution in [0.15, 0.2) is 56.7 Å². The van der Waals surface area contributed by atoms with E-state index in [1.54, 1.807) is 10.8 Å². The molecule has 4 aromatic rings. The third-order valence-electron chi connectivity index (χ3n) is 7.90. The van der Waals surface area contributed by atoms with E-state index in [0.717, 1.165) is 20.8 Å². The molecule has 1 aliphatic rings. The van der Waals surface area contributed by atoms with Gasteiger partial charge in [0.1, 0.15) is 27.1 Å². The van der Waals surface area contributed by atoms with E-state index in [-0.39, 0.29) is 42.5 Å². The Morgan fingerprint density at radius 1 is 0.917 bits per heavy atom. The quantitative estimate of drug-likeness (QED) is 0.290. The number of rotatable bonds is 4. The number of carbonyl (C=O) groups excluding carboxylic acids is 4. The second-order valence-electron chi connectivity index (χ2n) is 11.8. The highest BCUT2D eigenvalue weighted by atomic mass is 32.1. The van der Waals surface area contributed by atoms with Gasteiger partial charge >= 0.3 is 5.69 Å². The van der Waals surface area contributed by atoms with Crippen molar-refractivity contribution < 1.29 is 19.2 Å². The van der Waals surface area contributed by atoms with Gasteiger partial charge in [-0.2, -0.15) is 0 Å². The van der Waals surface area contributed by atoms with Crippen LogP contribution in [-0.2, 0) is 25.3 Å². The number of hydrogen-bond donors (Lipinski definition) is 3. The van der Waals surface area contributed by atoms with Crippen LogP contribution in [0.3, 0.4) is 0 Å². The molecule has 2 atom stereocenters. The molecule has 4 heterocycles. The van der Waals surface area contributed by atoms with Gasteiger partial charge < -0.3 is 20.9 Å². The van der Waals surface area contributed by atoms with Crippen molar-refractivity contribution in [3.8, 4) is 0 Å². The number of amides is 4. The van der Waals surface area contributed by atoms with Crippen molar-refractivity contribution in [3.63, 3.8) is 0 Å². The maximum atomic E-state index is 13.8. The molecule has 5 rings (SSSR count). The summed E-state index contributed by atoms with van der Waals surface area (Å²) in [7, 11) is 2.68. The number of nitrogens with zero attached hydrogens (tertiary/aromatic N) is 5. The lowest BCUT2D eigenvalue weighted by Crippen LogP contribution is -2.46. The van der Waals surface area contributed by atoms with E-state index in [4.69, 9.17) is 0 Å². The molecule has 0 saturated heterocycles. The smallest absolute Gasteiger partial charge is 0.331 e. The number of hydrogen-bond acceptors (Lipinski definition) is 10. The van der Waals surface area contributed by atoms with Crippen molar-refractivity contribution in [2.45, 2.75) is 38.8 Å². The van der Waals surface area contributed by atoms with E-state index in [2.05, 4.69) is 25.9 Å². The molecule has 0 unspecified atom stereocenters. The summed E-state index contributed by atoms with van der Waals surface area (Å²) >= 11 is 2.49. The van der Waals surface area contributed by atoms with Gasteiger partial charge in [-0.15, -0.1) is 22.7 Å². The number of carbonyl (C=O) groups is 4. The molecule has 1 aromatic carbocycles. The molecule has 0 fully saturated rings. The third-order valence-corrected chi connectivity index (χ3v) is 9.79. The molecule has 48 heavy (non-hydrogen) atoms. The Morgan fingerprint density at radius 2 is 1.58 bits per heavy atom. The summed E-state index contributed by atoms with van der Waals surface area (Å²) in [4.78, 5) is 89.1. The van der Waals surface area contributed by atoms with E-state index in [9.17, 15) is 28.8 Å². The molecule has 16 heteroatoms. The molecule has 0 aliphatic carbocycles. The minimum Gasteiger partial charge on any atom is -0.351 e. The lowest BCUT2D eigenvalue weighted by molar-refractivity contribution is -0.122. The number of benzene rings is 1. The Hall–Kier alpha value is -4.96. The summed E-state index contributed by atoms with van der Waals surface area (Å²) in [5.74, 6) is -2.11. The first-order valence-corrected chi connectivity index (χ1v) is 17.1. The van der Waals surface area contributed by atoms with Crippen LogP contribution < -0.4 is 27.2 Å². The summed E-state index contributed by atoms with van der Waals surface area (Å²) in [6.45, 7) is 3.65. The molecule has 1 aliphatic heterocycles. The van der Waals surface area contributed by atoms with Crippen LogP contribution in [-0.4, -0.2) is 67.3 Å². The van der Waals surface area contributed by atoms with Crippen LogP contribution in [0.5, 0.6) is 0 Å². The topological polar surface area (TPSA) is 177 Å². The highest BCUT2D eigenvalue weighted by molar-refractivity contribution is 7.10. The van der Waals surface area contributed by atoms with Crippen molar-refractivity contribution in [1.29, 1.82) is 0 Å². The Kier molecular flexibility index (Phi) is 10.6. The minimum absolute atomic E-state index is 0.0246. The first-order chi connectivity index (χ1) is 22.9. The van der Waals surface area contributed by atoms with Crippen LogP contribution in [0, 0.1) is 5.92 Å². The summed E-state index contributed by atoms with van der Waals surface area (Å²) < 4.78 is 1.94. The Balaban J connectivity index is 1.51. The lowest BCUT2D eigenvalue weighted by atomic mass is 10.0. The highest BCUT2D eigenvalue weighted by Gasteiger charge is 2.28. The van der Waals surface area contributed by atoms with Gasteiger partial charge in [0.25, 0.3) is 23.3 Å². The van der Waals surface area contributed by atoms with Crippen LogP contribution in [0.2, 0.25) is 0 Å². The summed E-state index contributed by atoms with van der Waals surface area (Å²) in [5, 5.41) is 13.1. The predicted octanol–water partition coefficient (Wildman–Crippen LogP) is 1.80. The monoisotopic (exact) mass is 692 g/mol. The largest absolute Gasteiger partial charge is 0.351 e. The first kappa shape index (κ1) is 34.4. The van der Waals surface area contributed by atoms with E-state index in [1.165, 1.54) is 41.7 Å². The van der Waals surface area contributed by atoms with E-state index in [0.29, 0.717) is 16.4 Å². The second kappa shape index (κ2) is 14.9. The van der Waals surface area contributed by atoms with Gasteiger partial charge in [0.2, 0.25) is 5.91 Å². The highest BCUT2D eigenvalue weighted by Crippen LogP contribution is 2.27. The van der Waals surface area contributed by atoms with Crippen LogP contribution in [0.1, 0.15) is 79.4 Å². The Labute approximate surface area is 283 Å². The minimum atomic E-state index is -0.698. The van der Waals surface area contributed by atoms with Crippen molar-refractivity contribution >= 4 is 46.3 Å². The molecule has 0 saturated carbocycles. The lowest BCUT2D eigenvalue weighted by Gasteiger charge is -2.25. The molecule has 14 nitrogen and oxygen atoms in total. The van der Waals surface area contributed by atoms with Gasteiger partial charge in [-0.3, -0.25) is 33.1 Å². The van der Waals surface area contributed by atoms with Gasteiger partial charge in [-0.25, -0.2) is 14.8 Å². The number of fused-ring (bicyclic) bond motifs is 4. The molecule has 3 N–H and O–H groups in total. The van der Waals surface area contributed by atoms with Crippen LogP contribution in [0.25, 0.3) is 0 Å². The number of nitrogens with one attached hydrogen (secondary N) is 3. The number of aromatic nitrogens is 4. The molecular weight excluding hydrogens is 657 g/mol. The molecule has 252 valence electrons. The zero-order valence-electron chi connectivity index (χ0n) is 26.9. The normalized spacial score (nSPS) is 17.9. The zero-order valence-corrected chi connectivity index (χ0v) is 28.5. The fraction of sp³-hybridized carbons (Fsp3) is 0.375. The average Bonchev–Trinajstić information content (AvgIpc) is 3.76. The predicted molar refractivity (Wildman–Crippen MR) is 180 cm³/mol. The second-order valence-corrected chi connectivity index (χ2v) is 13.5. The van der Waals surface area contributed by atoms with Gasteiger partial charge in [-0.1, -0.05) is 44.2 Å². The first-order valence-electron chi connectivity index (χ1n) is 15.3. The van der Waals surface area contributed by atoms with Crippen molar-refractivity contribution in [2.75, 3.05) is 19.6 Å². The van der Waals surface area contributed by atoms with Gasteiger partial charge in [0, 0.05) is 44.0 Å². The third kappa shape index (κ3) is 7.77. The van der Waals surface area contributed by atoms with Gasteiger partial charge in [-0.05, 0) is 24.3 Å². The Morgan fingerprint density at radius 3 is 2.29 bits per heavy atom. The Bertz CT molecular complexity index is 1950. The molecule has 3 aromatic heterocycles. The summed E-state index contributed by atoms with van der Waals surface area (Å²) in [5.41, 5.74) is -0.248. The van der Waals surface area contributed by atoms with Crippen LogP contribution in [0.4, 0.5) is 0 Å². The van der Waals surface area contributed by atoms with Gasteiger partial charge in [0.15, 0.2) is 0 Å².